The van der Waals surface area contributed by atoms with Gasteiger partial charge in [0.05, 0.1) is 6.61 Å². The van der Waals surface area contributed by atoms with Gasteiger partial charge < -0.3 is 20.3 Å². The number of rotatable bonds is 8. The lowest BCUT2D eigenvalue weighted by molar-refractivity contribution is -0.155. The van der Waals surface area contributed by atoms with Crippen molar-refractivity contribution >= 4 is 11.8 Å². The van der Waals surface area contributed by atoms with Crippen molar-refractivity contribution in [2.45, 2.75) is 25.9 Å². The summed E-state index contributed by atoms with van der Waals surface area (Å²) in [6, 6.07) is 9.11. The minimum absolute atomic E-state index is 0.0364. The van der Waals surface area contributed by atoms with Gasteiger partial charge in [-0.1, -0.05) is 37.3 Å². The highest BCUT2D eigenvalue weighted by molar-refractivity contribution is 5.89. The van der Waals surface area contributed by atoms with E-state index in [0.29, 0.717) is 13.1 Å². The topological polar surface area (TPSA) is 70.7 Å². The molecule has 23 heavy (non-hydrogen) atoms. The van der Waals surface area contributed by atoms with Gasteiger partial charge >= 0.3 is 0 Å². The van der Waals surface area contributed by atoms with Crippen molar-refractivity contribution in [3.63, 3.8) is 0 Å². The van der Waals surface area contributed by atoms with Gasteiger partial charge in [0.25, 0.3) is 0 Å². The van der Waals surface area contributed by atoms with E-state index in [-0.39, 0.29) is 25.0 Å². The fourth-order valence-electron chi connectivity index (χ4n) is 2.49. The Hall–Kier alpha value is -1.92. The van der Waals surface area contributed by atoms with E-state index in [1.807, 2.05) is 30.3 Å². The molecule has 2 N–H and O–H groups in total. The number of hydrogen-bond donors (Lipinski definition) is 2. The molecule has 1 saturated heterocycles. The molecule has 6 heteroatoms. The Morgan fingerprint density at radius 2 is 2.04 bits per heavy atom. The maximum atomic E-state index is 12.4. The molecule has 1 aromatic rings. The lowest BCUT2D eigenvalue weighted by Crippen LogP contribution is -2.56. The quantitative estimate of drug-likeness (QED) is 0.686. The van der Waals surface area contributed by atoms with E-state index < -0.39 is 6.04 Å². The lowest BCUT2D eigenvalue weighted by Gasteiger charge is -2.34. The molecule has 1 aromatic carbocycles. The number of nitrogens with one attached hydrogen (secondary N) is 2. The van der Waals surface area contributed by atoms with Gasteiger partial charge in [0.15, 0.2) is 0 Å². The minimum atomic E-state index is -0.567. The Kier molecular flexibility index (Phi) is 7.03. The Morgan fingerprint density at radius 1 is 1.26 bits per heavy atom. The smallest absolute Gasteiger partial charge is 0.249 e. The summed E-state index contributed by atoms with van der Waals surface area (Å²) in [6.07, 6.45) is 1.06. The van der Waals surface area contributed by atoms with E-state index in [0.717, 1.165) is 25.1 Å². The Balaban J connectivity index is 1.91. The molecule has 0 unspecified atom stereocenters. The summed E-state index contributed by atoms with van der Waals surface area (Å²) >= 11 is 0. The highest BCUT2D eigenvalue weighted by atomic mass is 16.5. The molecule has 1 aliphatic rings. The second kappa shape index (κ2) is 9.27. The van der Waals surface area contributed by atoms with Crippen LogP contribution in [0.25, 0.3) is 0 Å². The van der Waals surface area contributed by atoms with Crippen LogP contribution >= 0.6 is 0 Å². The SMILES string of the molecule is CCCNCCNC(=O)[C@H]1COCC(=O)N1Cc1ccccc1. The van der Waals surface area contributed by atoms with Gasteiger partial charge in [-0.05, 0) is 18.5 Å². The third kappa shape index (κ3) is 5.33. The van der Waals surface area contributed by atoms with Gasteiger partial charge in [-0.2, -0.15) is 0 Å². The molecular weight excluding hydrogens is 294 g/mol. The third-order valence-electron chi connectivity index (χ3n) is 3.72. The third-order valence-corrected chi connectivity index (χ3v) is 3.72. The lowest BCUT2D eigenvalue weighted by atomic mass is 10.1. The molecule has 0 saturated carbocycles. The number of nitrogens with zero attached hydrogens (tertiary/aromatic N) is 1. The van der Waals surface area contributed by atoms with Gasteiger partial charge in [0, 0.05) is 19.6 Å². The molecule has 0 aliphatic carbocycles. The summed E-state index contributed by atoms with van der Waals surface area (Å²) in [7, 11) is 0. The molecule has 0 aromatic heterocycles. The van der Waals surface area contributed by atoms with Crippen LogP contribution in [0.4, 0.5) is 0 Å². The summed E-state index contributed by atoms with van der Waals surface area (Å²) in [6.45, 7) is 5.00. The van der Waals surface area contributed by atoms with Gasteiger partial charge in [0.2, 0.25) is 11.8 Å². The molecule has 1 fully saturated rings. The first-order valence-electron chi connectivity index (χ1n) is 8.12. The molecule has 0 radical (unpaired) electrons. The van der Waals surface area contributed by atoms with Crippen molar-refractivity contribution < 1.29 is 14.3 Å². The molecule has 2 amide bonds. The summed E-state index contributed by atoms with van der Waals surface area (Å²) in [4.78, 5) is 26.1. The van der Waals surface area contributed by atoms with E-state index in [4.69, 9.17) is 4.74 Å². The van der Waals surface area contributed by atoms with Crippen molar-refractivity contribution in [1.82, 2.24) is 15.5 Å². The first-order chi connectivity index (χ1) is 11.2. The van der Waals surface area contributed by atoms with Gasteiger partial charge in [-0.25, -0.2) is 0 Å². The molecular formula is C17H25N3O3. The largest absolute Gasteiger partial charge is 0.369 e. The monoisotopic (exact) mass is 319 g/mol. The number of benzene rings is 1. The zero-order chi connectivity index (χ0) is 16.5. The van der Waals surface area contributed by atoms with Crippen molar-refractivity contribution in [2.24, 2.45) is 0 Å². The van der Waals surface area contributed by atoms with Crippen molar-refractivity contribution in [2.75, 3.05) is 32.8 Å². The van der Waals surface area contributed by atoms with Crippen LogP contribution in [-0.2, 0) is 20.9 Å². The predicted molar refractivity (Wildman–Crippen MR) is 87.8 cm³/mol. The second-order valence-corrected chi connectivity index (χ2v) is 5.58. The van der Waals surface area contributed by atoms with E-state index in [2.05, 4.69) is 17.6 Å². The summed E-state index contributed by atoms with van der Waals surface area (Å²) in [5.41, 5.74) is 1.00. The van der Waals surface area contributed by atoms with E-state index in [1.54, 1.807) is 4.90 Å². The van der Waals surface area contributed by atoms with E-state index in [1.165, 1.54) is 0 Å². The first kappa shape index (κ1) is 17.4. The average Bonchev–Trinajstić information content (AvgIpc) is 2.57. The van der Waals surface area contributed by atoms with Crippen molar-refractivity contribution in [3.8, 4) is 0 Å². The van der Waals surface area contributed by atoms with Crippen LogP contribution in [0.2, 0.25) is 0 Å². The highest BCUT2D eigenvalue weighted by Crippen LogP contribution is 2.13. The van der Waals surface area contributed by atoms with Crippen molar-refractivity contribution in [1.29, 1.82) is 0 Å². The summed E-state index contributed by atoms with van der Waals surface area (Å²) in [5, 5.41) is 6.10. The zero-order valence-electron chi connectivity index (χ0n) is 13.6. The van der Waals surface area contributed by atoms with Crippen LogP contribution < -0.4 is 10.6 Å². The van der Waals surface area contributed by atoms with Crippen LogP contribution in [0, 0.1) is 0 Å². The zero-order valence-corrected chi connectivity index (χ0v) is 13.6. The van der Waals surface area contributed by atoms with E-state index in [9.17, 15) is 9.59 Å². The molecule has 1 atom stereocenters. The van der Waals surface area contributed by atoms with Crippen LogP contribution in [0.5, 0.6) is 0 Å². The maximum absolute atomic E-state index is 12.4. The van der Waals surface area contributed by atoms with Gasteiger partial charge in [-0.3, -0.25) is 9.59 Å². The fraction of sp³-hybridized carbons (Fsp3) is 0.529. The Bertz CT molecular complexity index is 507. The first-order valence-corrected chi connectivity index (χ1v) is 8.12. The number of carbonyl (C=O) groups is 2. The maximum Gasteiger partial charge on any atom is 0.249 e. The number of ether oxygens (including phenoxy) is 1. The van der Waals surface area contributed by atoms with Crippen molar-refractivity contribution in [3.05, 3.63) is 35.9 Å². The minimum Gasteiger partial charge on any atom is -0.369 e. The number of carbonyl (C=O) groups excluding carboxylic acids is 2. The predicted octanol–water partition coefficient (Wildman–Crippen LogP) is 0.530. The molecule has 0 bridgehead atoms. The van der Waals surface area contributed by atoms with Crippen LogP contribution in [-0.4, -0.2) is 55.6 Å². The standard InChI is InChI=1S/C17H25N3O3/c1-2-8-18-9-10-19-17(22)15-12-23-13-16(21)20(15)11-14-6-4-3-5-7-14/h3-7,15,18H,2,8-13H2,1H3,(H,19,22)/t15-/m1/s1. The molecule has 126 valence electrons. The van der Waals surface area contributed by atoms with Crippen LogP contribution in [0.15, 0.2) is 30.3 Å². The number of morpholine rings is 1. The summed E-state index contributed by atoms with van der Waals surface area (Å²) < 4.78 is 5.26. The summed E-state index contributed by atoms with van der Waals surface area (Å²) in [5.74, 6) is -0.309. The second-order valence-electron chi connectivity index (χ2n) is 5.58. The Labute approximate surface area is 137 Å². The van der Waals surface area contributed by atoms with E-state index >= 15 is 0 Å². The molecule has 6 nitrogen and oxygen atoms in total. The fourth-order valence-corrected chi connectivity index (χ4v) is 2.49. The van der Waals surface area contributed by atoms with Crippen LogP contribution in [0.1, 0.15) is 18.9 Å². The molecule has 2 rings (SSSR count). The Morgan fingerprint density at radius 3 is 2.78 bits per heavy atom. The normalized spacial score (nSPS) is 18.0. The number of amides is 2. The number of hydrogen-bond acceptors (Lipinski definition) is 4. The molecule has 1 aliphatic heterocycles. The molecule has 0 spiro atoms. The average molecular weight is 319 g/mol. The highest BCUT2D eigenvalue weighted by Gasteiger charge is 2.33. The van der Waals surface area contributed by atoms with Crippen LogP contribution in [0.3, 0.4) is 0 Å². The van der Waals surface area contributed by atoms with Gasteiger partial charge in [-0.15, -0.1) is 0 Å². The van der Waals surface area contributed by atoms with Gasteiger partial charge in [0.1, 0.15) is 12.6 Å². The molecule has 1 heterocycles.